The molecule has 53 heavy (non-hydrogen) atoms. The fourth-order valence-corrected chi connectivity index (χ4v) is 5.66. The zero-order chi connectivity index (χ0) is 39.9. The second-order valence-electron chi connectivity index (χ2n) is 13.6. The number of benzene rings is 2. The van der Waals surface area contributed by atoms with Gasteiger partial charge in [-0.05, 0) is 91.6 Å². The topological polar surface area (TPSA) is 177 Å². The van der Waals surface area contributed by atoms with Crippen molar-refractivity contribution in [3.63, 3.8) is 0 Å². The molecule has 0 unspecified atom stereocenters. The second kappa shape index (κ2) is 17.1. The summed E-state index contributed by atoms with van der Waals surface area (Å²) in [5, 5.41) is 20.3. The van der Waals surface area contributed by atoms with Crippen LogP contribution in [0.2, 0.25) is 0 Å². The monoisotopic (exact) mass is 766 g/mol. The number of carbonyl (C=O) groups excluding carboxylic acids is 4. The zero-order valence-corrected chi connectivity index (χ0v) is 31.3. The molecular formula is C35H41F3N4O10S. The highest BCUT2D eigenvalue weighted by Gasteiger charge is 2.38. The first-order chi connectivity index (χ1) is 24.5. The maximum atomic E-state index is 13.7. The lowest BCUT2D eigenvalue weighted by Crippen LogP contribution is -2.43. The molecule has 1 atom stereocenters. The predicted molar refractivity (Wildman–Crippen MR) is 186 cm³/mol. The summed E-state index contributed by atoms with van der Waals surface area (Å²) >= 11 is 0.822. The van der Waals surface area contributed by atoms with Gasteiger partial charge in [-0.15, -0.1) is 10.2 Å². The van der Waals surface area contributed by atoms with Crippen molar-refractivity contribution < 1.29 is 56.2 Å². The number of amides is 1. The van der Waals surface area contributed by atoms with E-state index in [4.69, 9.17) is 18.9 Å². The number of hydrogen-bond acceptors (Lipinski definition) is 13. The molecule has 0 aliphatic carbocycles. The number of rotatable bonds is 13. The first kappa shape index (κ1) is 42.3. The minimum absolute atomic E-state index is 0.0810. The summed E-state index contributed by atoms with van der Waals surface area (Å²) in [6, 6.07) is 7.82. The van der Waals surface area contributed by atoms with Crippen molar-refractivity contribution >= 4 is 46.2 Å². The van der Waals surface area contributed by atoms with E-state index in [9.17, 15) is 42.5 Å². The SMILES string of the molecule is CCOC(=O)C(C(=O)OCC)c1cc(-c2nnc(N(C[C@H](Cc3ccc(C(F)(F)F)cc3)C(=O)OC(C)(C)C)C(=O)OC(C)(C)C)s2)ccc1[N+](=O)[O-]. The number of nitro benzene ring substituents is 1. The minimum atomic E-state index is -4.57. The maximum absolute atomic E-state index is 13.7. The number of aromatic nitrogens is 2. The fourth-order valence-electron chi connectivity index (χ4n) is 4.82. The van der Waals surface area contributed by atoms with Crippen molar-refractivity contribution in [2.45, 2.75) is 85.1 Å². The molecule has 1 aromatic heterocycles. The summed E-state index contributed by atoms with van der Waals surface area (Å²) in [4.78, 5) is 65.2. The Morgan fingerprint density at radius 1 is 0.849 bits per heavy atom. The average Bonchev–Trinajstić information content (AvgIpc) is 3.51. The Morgan fingerprint density at radius 2 is 1.42 bits per heavy atom. The van der Waals surface area contributed by atoms with E-state index in [-0.39, 0.29) is 40.9 Å². The van der Waals surface area contributed by atoms with E-state index >= 15 is 0 Å². The van der Waals surface area contributed by atoms with Crippen molar-refractivity contribution in [3.8, 4) is 10.6 Å². The van der Waals surface area contributed by atoms with E-state index < -0.39 is 75.9 Å². The highest BCUT2D eigenvalue weighted by molar-refractivity contribution is 7.18. The Morgan fingerprint density at radius 3 is 1.91 bits per heavy atom. The van der Waals surface area contributed by atoms with Gasteiger partial charge in [0, 0.05) is 18.2 Å². The number of esters is 3. The average molecular weight is 767 g/mol. The van der Waals surface area contributed by atoms with Crippen LogP contribution < -0.4 is 4.90 Å². The number of hydrogen-bond donors (Lipinski definition) is 0. The van der Waals surface area contributed by atoms with Gasteiger partial charge in [0.1, 0.15) is 16.2 Å². The molecule has 3 aromatic rings. The van der Waals surface area contributed by atoms with Crippen LogP contribution in [0.3, 0.4) is 0 Å². The van der Waals surface area contributed by atoms with Crippen LogP contribution >= 0.6 is 11.3 Å². The van der Waals surface area contributed by atoms with Gasteiger partial charge in [-0.3, -0.25) is 29.4 Å². The van der Waals surface area contributed by atoms with Gasteiger partial charge in [0.2, 0.25) is 5.13 Å². The maximum Gasteiger partial charge on any atom is 0.416 e. The van der Waals surface area contributed by atoms with Crippen molar-refractivity contribution in [2.75, 3.05) is 24.7 Å². The highest BCUT2D eigenvalue weighted by Crippen LogP contribution is 2.37. The Hall–Kier alpha value is -5.13. The van der Waals surface area contributed by atoms with Crippen LogP contribution in [0.4, 0.5) is 28.8 Å². The van der Waals surface area contributed by atoms with E-state index in [1.54, 1.807) is 41.5 Å². The molecule has 0 fully saturated rings. The Bertz CT molecular complexity index is 1780. The number of carbonyl (C=O) groups is 4. The van der Waals surface area contributed by atoms with E-state index in [2.05, 4.69) is 10.2 Å². The summed E-state index contributed by atoms with van der Waals surface area (Å²) in [5.74, 6) is -5.82. The van der Waals surface area contributed by atoms with Crippen LogP contribution in [0.5, 0.6) is 0 Å². The number of nitrogens with zero attached hydrogens (tertiary/aromatic N) is 4. The summed E-state index contributed by atoms with van der Waals surface area (Å²) in [6.07, 6.45) is -5.64. The standard InChI is InChI=1S/C35H41F3N4O10S/c1-9-49-29(44)26(30(45)50-10-2)24-18-21(13-16-25(24)42(47)48)27-39-40-31(53-27)41(32(46)52-34(6,7)8)19-22(28(43)51-33(3,4)5)17-20-11-14-23(15-12-20)35(36,37)38/h11-16,18,22,26H,9-10,17,19H2,1-8H3/t22-/m0/s1. The largest absolute Gasteiger partial charge is 0.465 e. The molecule has 0 bridgehead atoms. The lowest BCUT2D eigenvalue weighted by atomic mass is 9.95. The molecule has 1 amide bonds. The summed E-state index contributed by atoms with van der Waals surface area (Å²) in [5.41, 5.74) is -3.22. The summed E-state index contributed by atoms with van der Waals surface area (Å²) < 4.78 is 61.0. The summed E-state index contributed by atoms with van der Waals surface area (Å²) in [7, 11) is 0. The number of halogens is 3. The molecule has 0 aliphatic heterocycles. The molecule has 18 heteroatoms. The molecule has 3 rings (SSSR count). The van der Waals surface area contributed by atoms with E-state index in [1.807, 2.05) is 0 Å². The molecule has 1 heterocycles. The molecule has 0 saturated heterocycles. The van der Waals surface area contributed by atoms with Gasteiger partial charge in [-0.25, -0.2) is 4.79 Å². The van der Waals surface area contributed by atoms with Crippen LogP contribution in [0.15, 0.2) is 42.5 Å². The molecule has 0 aliphatic rings. The molecule has 0 radical (unpaired) electrons. The first-order valence-electron chi connectivity index (χ1n) is 16.4. The molecular weight excluding hydrogens is 725 g/mol. The third kappa shape index (κ3) is 11.9. The second-order valence-corrected chi connectivity index (χ2v) is 14.5. The Balaban J connectivity index is 2.13. The van der Waals surface area contributed by atoms with Gasteiger partial charge >= 0.3 is 30.2 Å². The highest BCUT2D eigenvalue weighted by atomic mass is 32.1. The predicted octanol–water partition coefficient (Wildman–Crippen LogP) is 7.28. The fraction of sp³-hybridized carbons (Fsp3) is 0.486. The number of alkyl halides is 3. The van der Waals surface area contributed by atoms with E-state index in [0.717, 1.165) is 34.4 Å². The van der Waals surface area contributed by atoms with Crippen molar-refractivity contribution in [3.05, 3.63) is 69.3 Å². The van der Waals surface area contributed by atoms with Crippen LogP contribution in [-0.4, -0.2) is 70.1 Å². The lowest BCUT2D eigenvalue weighted by molar-refractivity contribution is -0.385. The van der Waals surface area contributed by atoms with E-state index in [0.29, 0.717) is 5.56 Å². The zero-order valence-electron chi connectivity index (χ0n) is 30.4. The molecule has 288 valence electrons. The van der Waals surface area contributed by atoms with Gasteiger partial charge in [0.25, 0.3) is 5.69 Å². The van der Waals surface area contributed by atoms with Gasteiger partial charge in [0.05, 0.1) is 35.2 Å². The normalized spacial score (nSPS) is 12.5. The smallest absolute Gasteiger partial charge is 0.416 e. The molecule has 0 spiro atoms. The van der Waals surface area contributed by atoms with Crippen LogP contribution in [-0.2, 0) is 45.9 Å². The Labute approximate surface area is 307 Å². The minimum Gasteiger partial charge on any atom is -0.465 e. The van der Waals surface area contributed by atoms with Crippen molar-refractivity contribution in [1.82, 2.24) is 10.2 Å². The number of nitro groups is 1. The first-order valence-corrected chi connectivity index (χ1v) is 17.2. The molecule has 2 aromatic carbocycles. The Kier molecular flexibility index (Phi) is 13.7. The molecule has 14 nitrogen and oxygen atoms in total. The molecule has 0 N–H and O–H groups in total. The quantitative estimate of drug-likeness (QED) is 0.0559. The number of anilines is 1. The van der Waals surface area contributed by atoms with Gasteiger partial charge in [-0.2, -0.15) is 13.2 Å². The number of ether oxygens (including phenoxy) is 4. The van der Waals surface area contributed by atoms with Crippen molar-refractivity contribution in [1.29, 1.82) is 0 Å². The van der Waals surface area contributed by atoms with Crippen molar-refractivity contribution in [2.24, 2.45) is 5.92 Å². The van der Waals surface area contributed by atoms with Gasteiger partial charge in [-0.1, -0.05) is 23.5 Å². The van der Waals surface area contributed by atoms with Gasteiger partial charge < -0.3 is 18.9 Å². The molecule has 0 saturated carbocycles. The lowest BCUT2D eigenvalue weighted by Gasteiger charge is -2.29. The summed E-state index contributed by atoms with van der Waals surface area (Å²) in [6.45, 7) is 12.1. The van der Waals surface area contributed by atoms with Gasteiger partial charge in [0.15, 0.2) is 5.92 Å². The third-order valence-electron chi connectivity index (χ3n) is 6.99. The van der Waals surface area contributed by atoms with Crippen LogP contribution in [0, 0.1) is 16.0 Å². The van der Waals surface area contributed by atoms with Crippen LogP contribution in [0.25, 0.3) is 10.6 Å². The van der Waals surface area contributed by atoms with Crippen LogP contribution in [0.1, 0.15) is 78.0 Å². The third-order valence-corrected chi connectivity index (χ3v) is 7.99. The van der Waals surface area contributed by atoms with E-state index in [1.165, 1.54) is 38.1 Å².